The van der Waals surface area contributed by atoms with Gasteiger partial charge in [-0.1, -0.05) is 19.3 Å². The number of rotatable bonds is 6. The van der Waals surface area contributed by atoms with Crippen molar-refractivity contribution in [1.82, 2.24) is 10.3 Å². The summed E-state index contributed by atoms with van der Waals surface area (Å²) in [6.45, 7) is 4.90. The van der Waals surface area contributed by atoms with Crippen LogP contribution >= 0.6 is 11.3 Å². The van der Waals surface area contributed by atoms with Gasteiger partial charge in [-0.05, 0) is 12.8 Å². The van der Waals surface area contributed by atoms with Crippen LogP contribution in [-0.2, 0) is 11.3 Å². The number of hydrogen-bond acceptors (Lipinski definition) is 5. The van der Waals surface area contributed by atoms with Gasteiger partial charge in [-0.2, -0.15) is 0 Å². The van der Waals surface area contributed by atoms with Gasteiger partial charge >= 0.3 is 0 Å². The molecule has 1 aliphatic heterocycles. The molecule has 1 aromatic heterocycles. The van der Waals surface area contributed by atoms with Crippen LogP contribution in [0.5, 0.6) is 0 Å². The normalized spacial score (nSPS) is 17.2. The van der Waals surface area contributed by atoms with E-state index in [9.17, 15) is 0 Å². The molecule has 2 heterocycles. The maximum Gasteiger partial charge on any atom is 0.185 e. The van der Waals surface area contributed by atoms with E-state index < -0.39 is 0 Å². The Morgan fingerprint density at radius 2 is 2.00 bits per heavy atom. The van der Waals surface area contributed by atoms with Crippen molar-refractivity contribution in [3.63, 3.8) is 0 Å². The number of methoxy groups -OCH3 is 1. The van der Waals surface area contributed by atoms with E-state index in [-0.39, 0.29) is 0 Å². The van der Waals surface area contributed by atoms with Gasteiger partial charge in [-0.15, -0.1) is 11.3 Å². The Balaban J connectivity index is 1.81. The molecule has 4 nitrogen and oxygen atoms in total. The first-order chi connectivity index (χ1) is 9.40. The van der Waals surface area contributed by atoms with Crippen LogP contribution in [0.4, 0.5) is 5.13 Å². The molecule has 0 bridgehead atoms. The summed E-state index contributed by atoms with van der Waals surface area (Å²) in [5.74, 6) is 0. The van der Waals surface area contributed by atoms with E-state index in [1.165, 1.54) is 55.2 Å². The molecule has 0 radical (unpaired) electrons. The summed E-state index contributed by atoms with van der Waals surface area (Å²) in [7, 11) is 1.73. The molecule has 1 N–H and O–H groups in total. The van der Waals surface area contributed by atoms with Crippen molar-refractivity contribution in [1.29, 1.82) is 0 Å². The second-order valence-corrected chi connectivity index (χ2v) is 6.13. The van der Waals surface area contributed by atoms with Crippen molar-refractivity contribution in [2.75, 3.05) is 38.3 Å². The molecule has 0 amide bonds. The molecule has 1 saturated heterocycles. The van der Waals surface area contributed by atoms with E-state index in [4.69, 9.17) is 4.74 Å². The summed E-state index contributed by atoms with van der Waals surface area (Å²) in [5, 5.41) is 4.57. The summed E-state index contributed by atoms with van der Waals surface area (Å²) >= 11 is 1.82. The van der Waals surface area contributed by atoms with Crippen molar-refractivity contribution in [3.05, 3.63) is 11.1 Å². The van der Waals surface area contributed by atoms with Gasteiger partial charge in [0.25, 0.3) is 0 Å². The molecule has 1 fully saturated rings. The quantitative estimate of drug-likeness (QED) is 0.815. The molecule has 0 atom stereocenters. The highest BCUT2D eigenvalue weighted by Gasteiger charge is 2.12. The smallest absolute Gasteiger partial charge is 0.185 e. The number of anilines is 1. The first-order valence-corrected chi connectivity index (χ1v) is 8.11. The third-order valence-electron chi connectivity index (χ3n) is 3.45. The minimum absolute atomic E-state index is 0.762. The van der Waals surface area contributed by atoms with E-state index in [1.54, 1.807) is 7.11 Å². The topological polar surface area (TPSA) is 37.4 Å². The highest BCUT2D eigenvalue weighted by Crippen LogP contribution is 2.24. The molecule has 0 unspecified atom stereocenters. The van der Waals surface area contributed by atoms with Crippen LogP contribution in [0.25, 0.3) is 0 Å². The maximum atomic E-state index is 5.02. The lowest BCUT2D eigenvalue weighted by Gasteiger charge is -2.23. The van der Waals surface area contributed by atoms with Crippen LogP contribution in [-0.4, -0.2) is 38.3 Å². The minimum Gasteiger partial charge on any atom is -0.383 e. The molecule has 5 heteroatoms. The number of nitrogens with one attached hydrogen (secondary N) is 1. The zero-order chi connectivity index (χ0) is 13.3. The fourth-order valence-electron chi connectivity index (χ4n) is 2.35. The van der Waals surface area contributed by atoms with Crippen molar-refractivity contribution in [3.8, 4) is 0 Å². The number of ether oxygens (including phenoxy) is 1. The van der Waals surface area contributed by atoms with E-state index in [0.717, 1.165) is 19.7 Å². The van der Waals surface area contributed by atoms with Crippen LogP contribution < -0.4 is 10.2 Å². The van der Waals surface area contributed by atoms with E-state index in [0.29, 0.717) is 0 Å². The third kappa shape index (κ3) is 5.09. The predicted octanol–water partition coefficient (Wildman–Crippen LogP) is 2.65. The lowest BCUT2D eigenvalue weighted by atomic mass is 10.1. The SMILES string of the molecule is COCCNCc1cnc(N2CCCCCCC2)s1. The summed E-state index contributed by atoms with van der Waals surface area (Å²) in [6, 6.07) is 0. The van der Waals surface area contributed by atoms with E-state index in [2.05, 4.69) is 15.2 Å². The van der Waals surface area contributed by atoms with Crippen molar-refractivity contribution in [2.45, 2.75) is 38.6 Å². The lowest BCUT2D eigenvalue weighted by molar-refractivity contribution is 0.199. The molecule has 0 saturated carbocycles. The Bertz CT molecular complexity index is 348. The molecular formula is C14H25N3OS. The zero-order valence-corrected chi connectivity index (χ0v) is 12.7. The van der Waals surface area contributed by atoms with Gasteiger partial charge in [0.05, 0.1) is 6.61 Å². The highest BCUT2D eigenvalue weighted by atomic mass is 32.1. The average Bonchev–Trinajstić information content (AvgIpc) is 2.83. The monoisotopic (exact) mass is 283 g/mol. The van der Waals surface area contributed by atoms with Crippen LogP contribution in [0, 0.1) is 0 Å². The average molecular weight is 283 g/mol. The minimum atomic E-state index is 0.762. The Morgan fingerprint density at radius 3 is 2.74 bits per heavy atom. The fourth-order valence-corrected chi connectivity index (χ4v) is 3.28. The third-order valence-corrected chi connectivity index (χ3v) is 4.51. The molecule has 0 aromatic carbocycles. The first-order valence-electron chi connectivity index (χ1n) is 7.29. The molecule has 0 aliphatic carbocycles. The zero-order valence-electron chi connectivity index (χ0n) is 11.9. The molecule has 2 rings (SSSR count). The van der Waals surface area contributed by atoms with Gasteiger partial charge in [0.2, 0.25) is 0 Å². The Kier molecular flexibility index (Phi) is 6.61. The first kappa shape index (κ1) is 14.8. The van der Waals surface area contributed by atoms with Crippen LogP contribution in [0.15, 0.2) is 6.20 Å². The number of aromatic nitrogens is 1. The second-order valence-electron chi connectivity index (χ2n) is 5.03. The Morgan fingerprint density at radius 1 is 1.26 bits per heavy atom. The molecule has 0 spiro atoms. The van der Waals surface area contributed by atoms with Crippen molar-refractivity contribution in [2.24, 2.45) is 0 Å². The van der Waals surface area contributed by atoms with Crippen molar-refractivity contribution >= 4 is 16.5 Å². The van der Waals surface area contributed by atoms with Gasteiger partial charge in [0.1, 0.15) is 0 Å². The van der Waals surface area contributed by atoms with Gasteiger partial charge < -0.3 is 15.0 Å². The summed E-state index contributed by atoms with van der Waals surface area (Å²) in [6.07, 6.45) is 8.77. The van der Waals surface area contributed by atoms with Crippen LogP contribution in [0.3, 0.4) is 0 Å². The van der Waals surface area contributed by atoms with Crippen molar-refractivity contribution < 1.29 is 4.74 Å². The summed E-state index contributed by atoms with van der Waals surface area (Å²) < 4.78 is 5.02. The molecular weight excluding hydrogens is 258 g/mol. The molecule has 108 valence electrons. The lowest BCUT2D eigenvalue weighted by Crippen LogP contribution is -2.26. The van der Waals surface area contributed by atoms with Gasteiger partial charge in [0, 0.05) is 44.4 Å². The van der Waals surface area contributed by atoms with Gasteiger partial charge in [-0.3, -0.25) is 0 Å². The molecule has 19 heavy (non-hydrogen) atoms. The molecule has 1 aromatic rings. The largest absolute Gasteiger partial charge is 0.383 e. The van der Waals surface area contributed by atoms with Crippen LogP contribution in [0.1, 0.15) is 37.0 Å². The summed E-state index contributed by atoms with van der Waals surface area (Å²) in [4.78, 5) is 8.36. The fraction of sp³-hybridized carbons (Fsp3) is 0.786. The standard InChI is InChI=1S/C14H25N3OS/c1-18-10-7-15-11-13-12-16-14(19-13)17-8-5-3-2-4-6-9-17/h12,15H,2-11H2,1H3. The Labute approximate surface area is 120 Å². The predicted molar refractivity (Wildman–Crippen MR) is 81.0 cm³/mol. The maximum absolute atomic E-state index is 5.02. The number of hydrogen-bond donors (Lipinski definition) is 1. The molecule has 1 aliphatic rings. The van der Waals surface area contributed by atoms with E-state index in [1.807, 2.05) is 17.5 Å². The Hall–Kier alpha value is -0.650. The van der Waals surface area contributed by atoms with Gasteiger partial charge in [-0.25, -0.2) is 4.98 Å². The second kappa shape index (κ2) is 8.51. The number of thiazole rings is 1. The summed E-state index contributed by atoms with van der Waals surface area (Å²) in [5.41, 5.74) is 0. The highest BCUT2D eigenvalue weighted by molar-refractivity contribution is 7.15. The van der Waals surface area contributed by atoms with Crippen LogP contribution in [0.2, 0.25) is 0 Å². The van der Waals surface area contributed by atoms with E-state index >= 15 is 0 Å². The van der Waals surface area contributed by atoms with Gasteiger partial charge in [0.15, 0.2) is 5.13 Å². The number of nitrogens with zero attached hydrogens (tertiary/aromatic N) is 2.